The van der Waals surface area contributed by atoms with Gasteiger partial charge in [0.2, 0.25) is 5.91 Å². The van der Waals surface area contributed by atoms with Gasteiger partial charge in [-0.25, -0.2) is 0 Å². The molecule has 4 rings (SSSR count). The van der Waals surface area contributed by atoms with E-state index >= 15 is 0 Å². The number of piperazine rings is 1. The van der Waals surface area contributed by atoms with Crippen molar-refractivity contribution in [2.24, 2.45) is 4.99 Å². The Bertz CT molecular complexity index is 906. The van der Waals surface area contributed by atoms with Gasteiger partial charge in [0.15, 0.2) is 11.7 Å². The lowest BCUT2D eigenvalue weighted by molar-refractivity contribution is -0.117. The molecule has 2 saturated heterocycles. The predicted octanol–water partition coefficient (Wildman–Crippen LogP) is 2.56. The monoisotopic (exact) mass is 537 g/mol. The van der Waals surface area contributed by atoms with E-state index in [1.807, 2.05) is 29.2 Å². The summed E-state index contributed by atoms with van der Waals surface area (Å²) in [5.41, 5.74) is 2.08. The lowest BCUT2D eigenvalue weighted by atomic mass is 10.2. The molecule has 1 aromatic carbocycles. The van der Waals surface area contributed by atoms with E-state index in [4.69, 9.17) is 4.42 Å². The van der Waals surface area contributed by atoms with Crippen LogP contribution >= 0.6 is 24.0 Å². The molecule has 2 aliphatic heterocycles. The zero-order chi connectivity index (χ0) is 20.9. The molecule has 166 valence electrons. The first kappa shape index (κ1) is 23.1. The van der Waals surface area contributed by atoms with Gasteiger partial charge < -0.3 is 24.4 Å². The smallest absolute Gasteiger partial charge is 0.289 e. The zero-order valence-electron chi connectivity index (χ0n) is 17.6. The van der Waals surface area contributed by atoms with E-state index in [0.29, 0.717) is 44.9 Å². The summed E-state index contributed by atoms with van der Waals surface area (Å²) in [6.07, 6.45) is 3.09. The highest BCUT2D eigenvalue weighted by atomic mass is 127. The topological polar surface area (TPSA) is 81.4 Å². The van der Waals surface area contributed by atoms with Gasteiger partial charge in [-0.2, -0.15) is 0 Å². The third kappa shape index (κ3) is 5.38. The maximum Gasteiger partial charge on any atom is 0.289 e. The van der Waals surface area contributed by atoms with E-state index in [1.165, 1.54) is 6.26 Å². The van der Waals surface area contributed by atoms with Crippen molar-refractivity contribution in [3.05, 3.63) is 54.0 Å². The molecule has 2 aliphatic rings. The Morgan fingerprint density at radius 2 is 1.77 bits per heavy atom. The first-order chi connectivity index (χ1) is 14.7. The number of nitrogens with one attached hydrogen (secondary N) is 1. The molecule has 0 saturated carbocycles. The molecule has 0 spiro atoms. The molecule has 0 aliphatic carbocycles. The van der Waals surface area contributed by atoms with Crippen LogP contribution in [-0.4, -0.2) is 67.3 Å². The highest BCUT2D eigenvalue weighted by molar-refractivity contribution is 14.0. The van der Waals surface area contributed by atoms with Crippen molar-refractivity contribution >= 4 is 47.4 Å². The summed E-state index contributed by atoms with van der Waals surface area (Å²) >= 11 is 0. The number of nitrogens with zero attached hydrogens (tertiary/aromatic N) is 4. The Balaban J connectivity index is 0.00000272. The van der Waals surface area contributed by atoms with Crippen molar-refractivity contribution in [2.75, 3.05) is 44.7 Å². The number of anilines is 1. The summed E-state index contributed by atoms with van der Waals surface area (Å²) in [6, 6.07) is 11.5. The van der Waals surface area contributed by atoms with Crippen LogP contribution in [0, 0.1) is 0 Å². The lowest BCUT2D eigenvalue weighted by Crippen LogP contribution is -2.53. The van der Waals surface area contributed by atoms with Crippen LogP contribution in [-0.2, 0) is 11.3 Å². The minimum absolute atomic E-state index is 0. The van der Waals surface area contributed by atoms with E-state index in [1.54, 1.807) is 24.1 Å². The normalized spacial score (nSPS) is 17.0. The van der Waals surface area contributed by atoms with Crippen molar-refractivity contribution in [2.45, 2.75) is 19.4 Å². The molecule has 3 heterocycles. The van der Waals surface area contributed by atoms with Gasteiger partial charge in [-0.3, -0.25) is 14.6 Å². The number of hydrogen-bond donors (Lipinski definition) is 1. The Labute approximate surface area is 199 Å². The van der Waals surface area contributed by atoms with Crippen LogP contribution in [0.2, 0.25) is 0 Å². The summed E-state index contributed by atoms with van der Waals surface area (Å²) in [7, 11) is 1.77. The number of benzene rings is 1. The molecule has 8 nitrogen and oxygen atoms in total. The Hall–Kier alpha value is -2.56. The summed E-state index contributed by atoms with van der Waals surface area (Å²) in [5, 5.41) is 3.40. The number of hydrogen-bond acceptors (Lipinski definition) is 4. The summed E-state index contributed by atoms with van der Waals surface area (Å²) in [6.45, 7) is 4.12. The Kier molecular flexibility index (Phi) is 7.94. The molecule has 1 N–H and O–H groups in total. The summed E-state index contributed by atoms with van der Waals surface area (Å²) < 4.78 is 5.22. The molecule has 0 radical (unpaired) electrons. The van der Waals surface area contributed by atoms with Gasteiger partial charge in [0.05, 0.1) is 6.26 Å². The third-order valence-corrected chi connectivity index (χ3v) is 5.58. The fourth-order valence-corrected chi connectivity index (χ4v) is 3.91. The SMILES string of the molecule is CN=C(NCc1ccc(N2CCCC2=O)cc1)N1CCN(C(=O)c2ccco2)CC1.I. The molecule has 2 aromatic rings. The molecule has 0 bridgehead atoms. The van der Waals surface area contributed by atoms with Gasteiger partial charge in [-0.1, -0.05) is 12.1 Å². The van der Waals surface area contributed by atoms with Gasteiger partial charge >= 0.3 is 0 Å². The highest BCUT2D eigenvalue weighted by Crippen LogP contribution is 2.21. The van der Waals surface area contributed by atoms with Crippen LogP contribution in [0.4, 0.5) is 5.69 Å². The number of amides is 2. The average Bonchev–Trinajstić information content (AvgIpc) is 3.47. The van der Waals surface area contributed by atoms with Gasteiger partial charge in [-0.05, 0) is 36.2 Å². The van der Waals surface area contributed by atoms with Crippen LogP contribution in [0.1, 0.15) is 29.0 Å². The van der Waals surface area contributed by atoms with Crippen LogP contribution < -0.4 is 10.2 Å². The average molecular weight is 537 g/mol. The van der Waals surface area contributed by atoms with E-state index in [9.17, 15) is 9.59 Å². The van der Waals surface area contributed by atoms with Crippen molar-refractivity contribution in [3.63, 3.8) is 0 Å². The maximum absolute atomic E-state index is 12.4. The number of halogens is 1. The molecule has 9 heteroatoms. The second-order valence-electron chi connectivity index (χ2n) is 7.47. The number of aliphatic imine (C=N–C) groups is 1. The van der Waals surface area contributed by atoms with Crippen molar-refractivity contribution in [1.29, 1.82) is 0 Å². The van der Waals surface area contributed by atoms with E-state index in [-0.39, 0.29) is 35.8 Å². The van der Waals surface area contributed by atoms with Crippen LogP contribution in [0.3, 0.4) is 0 Å². The van der Waals surface area contributed by atoms with Crippen molar-refractivity contribution in [1.82, 2.24) is 15.1 Å². The fourth-order valence-electron chi connectivity index (χ4n) is 3.91. The minimum Gasteiger partial charge on any atom is -0.459 e. The standard InChI is InChI=1S/C22H27N5O3.HI/c1-23-22(26-13-11-25(12-14-26)21(29)19-4-3-15-30-19)24-16-17-6-8-18(9-7-17)27-10-2-5-20(27)28;/h3-4,6-9,15H,2,5,10-14,16H2,1H3,(H,23,24);1H. The molecule has 31 heavy (non-hydrogen) atoms. The molecule has 2 amide bonds. The number of carbonyl (C=O) groups is 2. The third-order valence-electron chi connectivity index (χ3n) is 5.58. The van der Waals surface area contributed by atoms with Crippen molar-refractivity contribution in [3.8, 4) is 0 Å². The largest absolute Gasteiger partial charge is 0.459 e. The predicted molar refractivity (Wildman–Crippen MR) is 130 cm³/mol. The van der Waals surface area contributed by atoms with Crippen LogP contribution in [0.5, 0.6) is 0 Å². The maximum atomic E-state index is 12.4. The van der Waals surface area contributed by atoms with Gasteiger partial charge in [0.1, 0.15) is 0 Å². The van der Waals surface area contributed by atoms with Crippen LogP contribution in [0.25, 0.3) is 0 Å². The molecule has 0 unspecified atom stereocenters. The molecule has 1 aromatic heterocycles. The van der Waals surface area contributed by atoms with Crippen LogP contribution in [0.15, 0.2) is 52.1 Å². The fraction of sp³-hybridized carbons (Fsp3) is 0.409. The molecule has 0 atom stereocenters. The zero-order valence-corrected chi connectivity index (χ0v) is 20.0. The van der Waals surface area contributed by atoms with E-state index < -0.39 is 0 Å². The van der Waals surface area contributed by atoms with Crippen molar-refractivity contribution < 1.29 is 14.0 Å². The van der Waals surface area contributed by atoms with Gasteiger partial charge in [0, 0.05) is 58.4 Å². The minimum atomic E-state index is -0.0702. The molecule has 2 fully saturated rings. The molecular formula is C22H28IN5O3. The Morgan fingerprint density at radius 3 is 2.35 bits per heavy atom. The number of rotatable bonds is 4. The highest BCUT2D eigenvalue weighted by Gasteiger charge is 2.25. The first-order valence-corrected chi connectivity index (χ1v) is 10.3. The lowest BCUT2D eigenvalue weighted by Gasteiger charge is -2.36. The second kappa shape index (κ2) is 10.7. The summed E-state index contributed by atoms with van der Waals surface area (Å²) in [4.78, 5) is 34.5. The number of carbonyl (C=O) groups excluding carboxylic acids is 2. The van der Waals surface area contributed by atoms with Gasteiger partial charge in [-0.15, -0.1) is 24.0 Å². The summed E-state index contributed by atoms with van der Waals surface area (Å²) in [5.74, 6) is 1.33. The van der Waals surface area contributed by atoms with E-state index in [0.717, 1.165) is 30.2 Å². The first-order valence-electron chi connectivity index (χ1n) is 10.3. The quantitative estimate of drug-likeness (QED) is 0.369. The Morgan fingerprint density at radius 1 is 1.06 bits per heavy atom. The molecular weight excluding hydrogens is 509 g/mol. The second-order valence-corrected chi connectivity index (χ2v) is 7.47. The number of furan rings is 1. The van der Waals surface area contributed by atoms with E-state index in [2.05, 4.69) is 15.2 Å². The van der Waals surface area contributed by atoms with Gasteiger partial charge in [0.25, 0.3) is 5.91 Å². The number of guanidine groups is 1.